The fraction of sp³-hybridized carbons (Fsp3) is 0.543. The fourth-order valence-corrected chi connectivity index (χ4v) is 5.54. The molecule has 0 aliphatic heterocycles. The van der Waals surface area contributed by atoms with Crippen LogP contribution >= 0.6 is 7.82 Å². The molecule has 0 aromatic heterocycles. The van der Waals surface area contributed by atoms with Gasteiger partial charge in [0.1, 0.15) is 12.6 Å². The maximum Gasteiger partial charge on any atom is 0.472 e. The third-order valence-electron chi connectivity index (χ3n) is 8.09. The van der Waals surface area contributed by atoms with E-state index in [4.69, 9.17) is 24.8 Å². The minimum atomic E-state index is -4.77. The average Bonchev–Trinajstić information content (AvgIpc) is 3.21. The Morgan fingerprint density at radius 2 is 1.14 bits per heavy atom. The van der Waals surface area contributed by atoms with E-state index in [-0.39, 0.29) is 12.8 Å². The molecule has 2 unspecified atom stereocenters. The smallest absolute Gasteiger partial charge is 0.472 e. The maximum absolute atomic E-state index is 12.6. The van der Waals surface area contributed by atoms with Gasteiger partial charge in [0.2, 0.25) is 0 Å². The summed E-state index contributed by atoms with van der Waals surface area (Å²) in [5.74, 6) is -2.62. The molecule has 0 radical (unpaired) electrons. The van der Waals surface area contributed by atoms with Crippen LogP contribution < -0.4 is 5.73 Å². The number of hydrogen-bond acceptors (Lipinski definition) is 10. The second-order valence-electron chi connectivity index (χ2n) is 13.6. The second-order valence-corrected chi connectivity index (χ2v) is 15.0. The van der Waals surface area contributed by atoms with Crippen molar-refractivity contribution in [3.05, 3.63) is 109 Å². The number of hydrogen-bond donors (Lipinski definition) is 4. The Labute approximate surface area is 353 Å². The van der Waals surface area contributed by atoms with Crippen LogP contribution in [0, 0.1) is 0 Å². The topological polar surface area (TPSA) is 192 Å². The van der Waals surface area contributed by atoms with Crippen LogP contribution in [0.3, 0.4) is 0 Å². The zero-order valence-electron chi connectivity index (χ0n) is 35.4. The predicted molar refractivity (Wildman–Crippen MR) is 236 cm³/mol. The van der Waals surface area contributed by atoms with Gasteiger partial charge >= 0.3 is 25.7 Å². The number of phosphoric ester groups is 1. The lowest BCUT2D eigenvalue weighted by molar-refractivity contribution is -0.161. The van der Waals surface area contributed by atoms with Crippen molar-refractivity contribution in [1.82, 2.24) is 0 Å². The number of allylic oxidation sites excluding steroid dienone is 16. The molecule has 0 spiro atoms. The highest BCUT2D eigenvalue weighted by atomic mass is 31.2. The molecule has 0 rings (SSSR count). The van der Waals surface area contributed by atoms with Crippen LogP contribution in [-0.4, -0.2) is 71.1 Å². The number of carbonyl (C=O) groups excluding carboxylic acids is 2. The number of ether oxygens (including phenoxy) is 2. The van der Waals surface area contributed by atoms with E-state index in [0.29, 0.717) is 32.1 Å². The minimum Gasteiger partial charge on any atom is -0.480 e. The molecule has 0 bridgehead atoms. The van der Waals surface area contributed by atoms with Crippen LogP contribution in [0.25, 0.3) is 0 Å². The Kier molecular flexibility index (Phi) is 36.9. The predicted octanol–water partition coefficient (Wildman–Crippen LogP) is 10.0. The molecule has 0 aliphatic carbocycles. The Bertz CT molecular complexity index is 1430. The molecule has 0 saturated heterocycles. The number of carboxylic acids is 1. The van der Waals surface area contributed by atoms with Gasteiger partial charge in [0.25, 0.3) is 0 Å². The first-order valence-corrected chi connectivity index (χ1v) is 22.5. The van der Waals surface area contributed by atoms with Gasteiger partial charge in [-0.05, 0) is 83.5 Å². The zero-order valence-corrected chi connectivity index (χ0v) is 36.3. The molecule has 5 N–H and O–H groups in total. The molecule has 4 atom stereocenters. The quantitative estimate of drug-likeness (QED) is 0.0152. The first kappa shape index (κ1) is 55.1. The largest absolute Gasteiger partial charge is 0.480 e. The lowest BCUT2D eigenvalue weighted by atomic mass is 10.2. The number of nitrogens with two attached hydrogens (primary N) is 1. The maximum atomic E-state index is 12.6. The lowest BCUT2D eigenvalue weighted by Gasteiger charge is -2.20. The van der Waals surface area contributed by atoms with E-state index in [2.05, 4.69) is 79.1 Å². The van der Waals surface area contributed by atoms with Gasteiger partial charge in [-0.1, -0.05) is 136 Å². The van der Waals surface area contributed by atoms with Crippen molar-refractivity contribution in [3.8, 4) is 0 Å². The van der Waals surface area contributed by atoms with E-state index >= 15 is 0 Å². The van der Waals surface area contributed by atoms with Crippen molar-refractivity contribution >= 4 is 25.7 Å². The molecule has 12 nitrogen and oxygen atoms in total. The summed E-state index contributed by atoms with van der Waals surface area (Å²) in [6.07, 6.45) is 47.7. The van der Waals surface area contributed by atoms with Crippen molar-refractivity contribution in [3.63, 3.8) is 0 Å². The molecule has 0 aliphatic rings. The zero-order chi connectivity index (χ0) is 43.7. The first-order valence-electron chi connectivity index (χ1n) is 21.0. The summed E-state index contributed by atoms with van der Waals surface area (Å²) in [5.41, 5.74) is 5.31. The van der Waals surface area contributed by atoms with Gasteiger partial charge in [0.15, 0.2) is 6.10 Å². The van der Waals surface area contributed by atoms with Crippen LogP contribution in [0.5, 0.6) is 0 Å². The number of rotatable bonds is 37. The number of phosphoric acid groups is 1. The van der Waals surface area contributed by atoms with Crippen LogP contribution in [-0.2, 0) is 37.5 Å². The van der Waals surface area contributed by atoms with Gasteiger partial charge < -0.3 is 30.3 Å². The van der Waals surface area contributed by atoms with Crippen molar-refractivity contribution in [2.24, 2.45) is 5.73 Å². The number of aliphatic carboxylic acids is 1. The molecule has 0 aromatic carbocycles. The molecule has 332 valence electrons. The number of unbranched alkanes of at least 4 members (excludes halogenated alkanes) is 5. The standard InChI is InChI=1S/C46H72NO11P/c1-3-5-7-9-11-13-14-15-16-17-18-19-20-22-24-28-33-37-45(50)58-42(39-56-59(53,54)57-40-43(47)46(51)52)38-55-44(49)36-32-29-25-27-31-35-41(48)34-30-26-23-21-12-10-8-6-4-2/h5,7,11-13,15-16,18-19,21-22,24-27,30-31,35,41-43,48H,3-4,6,8-10,14,17,20,23,28-29,32-34,36-40,47H2,1-2H3,(H,51,52)(H,53,54)/b7-5-,13-11-,16-15-,19-18-,21-12-,24-22-,27-25+,30-26-,35-31-/t41?,42-,43+/m1/s1. The monoisotopic (exact) mass is 845 g/mol. The summed E-state index contributed by atoms with van der Waals surface area (Å²) >= 11 is 0. The second kappa shape index (κ2) is 39.6. The summed E-state index contributed by atoms with van der Waals surface area (Å²) in [4.78, 5) is 45.9. The average molecular weight is 846 g/mol. The highest BCUT2D eigenvalue weighted by Gasteiger charge is 2.28. The van der Waals surface area contributed by atoms with E-state index in [0.717, 1.165) is 44.9 Å². The van der Waals surface area contributed by atoms with Crippen LogP contribution in [0.15, 0.2) is 109 Å². The van der Waals surface area contributed by atoms with Crippen LogP contribution in [0.2, 0.25) is 0 Å². The SMILES string of the molecule is CC/C=C\C/C=C\C/C=C\C/C=C\C/C=C\CCCC(=O)O[C@H](COC(=O)CCC/C=C/C=C\C(O)C/C=C\C/C=C\CCCCC)COP(=O)(O)OC[C@H](N)C(=O)O. The number of aliphatic hydroxyl groups is 1. The summed E-state index contributed by atoms with van der Waals surface area (Å²) in [5, 5.41) is 19.0. The Morgan fingerprint density at radius 3 is 1.71 bits per heavy atom. The summed E-state index contributed by atoms with van der Waals surface area (Å²) in [6, 6.07) is -1.56. The highest BCUT2D eigenvalue weighted by molar-refractivity contribution is 7.47. The van der Waals surface area contributed by atoms with Crippen LogP contribution in [0.1, 0.15) is 123 Å². The van der Waals surface area contributed by atoms with Gasteiger partial charge in [-0.3, -0.25) is 23.4 Å². The van der Waals surface area contributed by atoms with E-state index in [1.807, 2.05) is 30.4 Å². The van der Waals surface area contributed by atoms with Gasteiger partial charge in [-0.2, -0.15) is 0 Å². The van der Waals surface area contributed by atoms with Crippen molar-refractivity contribution in [1.29, 1.82) is 0 Å². The number of carboxylic acid groups (broad SMARTS) is 1. The number of aliphatic hydroxyl groups excluding tert-OH is 1. The molecule has 59 heavy (non-hydrogen) atoms. The van der Waals surface area contributed by atoms with E-state index in [1.165, 1.54) is 19.3 Å². The van der Waals surface area contributed by atoms with Gasteiger partial charge in [-0.15, -0.1) is 0 Å². The fourth-order valence-electron chi connectivity index (χ4n) is 4.76. The summed E-state index contributed by atoms with van der Waals surface area (Å²) in [7, 11) is -4.77. The van der Waals surface area contributed by atoms with Crippen molar-refractivity contribution < 1.29 is 52.6 Å². The van der Waals surface area contributed by atoms with E-state index in [1.54, 1.807) is 18.2 Å². The van der Waals surface area contributed by atoms with Crippen molar-refractivity contribution in [2.75, 3.05) is 19.8 Å². The normalized spacial score (nSPS) is 15.3. The molecule has 0 aromatic rings. The molecule has 0 heterocycles. The van der Waals surface area contributed by atoms with E-state index in [9.17, 15) is 28.9 Å². The molecule has 0 amide bonds. The Hall–Kier alpha value is -3.90. The Balaban J connectivity index is 4.69. The molecular weight excluding hydrogens is 773 g/mol. The molecular formula is C46H72NO11P. The van der Waals surface area contributed by atoms with E-state index < -0.39 is 63.8 Å². The van der Waals surface area contributed by atoms with Crippen molar-refractivity contribution in [2.45, 2.75) is 141 Å². The highest BCUT2D eigenvalue weighted by Crippen LogP contribution is 2.43. The Morgan fingerprint density at radius 1 is 0.627 bits per heavy atom. The molecule has 13 heteroatoms. The number of carbonyl (C=O) groups is 3. The first-order chi connectivity index (χ1) is 28.5. The van der Waals surface area contributed by atoms with Crippen LogP contribution in [0.4, 0.5) is 0 Å². The van der Waals surface area contributed by atoms with Gasteiger partial charge in [0, 0.05) is 12.8 Å². The third-order valence-corrected chi connectivity index (χ3v) is 9.04. The minimum absolute atomic E-state index is 0.0465. The molecule has 0 fully saturated rings. The summed E-state index contributed by atoms with van der Waals surface area (Å²) < 4.78 is 32.5. The lowest BCUT2D eigenvalue weighted by Crippen LogP contribution is -2.34. The molecule has 0 saturated carbocycles. The van der Waals surface area contributed by atoms with Gasteiger partial charge in [-0.25, -0.2) is 4.57 Å². The number of esters is 2. The summed E-state index contributed by atoms with van der Waals surface area (Å²) in [6.45, 7) is 2.42. The third kappa shape index (κ3) is 39.3. The van der Waals surface area contributed by atoms with Gasteiger partial charge in [0.05, 0.1) is 19.3 Å².